The minimum absolute atomic E-state index is 0.676. The minimum Gasteiger partial charge on any atom is -0.256 e. The highest BCUT2D eigenvalue weighted by Gasteiger charge is 2.21. The van der Waals surface area contributed by atoms with E-state index >= 15 is 0 Å². The van der Waals surface area contributed by atoms with Crippen molar-refractivity contribution in [2.75, 3.05) is 0 Å². The van der Waals surface area contributed by atoms with E-state index in [1.165, 1.54) is 0 Å². The van der Waals surface area contributed by atoms with Crippen molar-refractivity contribution in [1.29, 1.82) is 0 Å². The van der Waals surface area contributed by atoms with Crippen molar-refractivity contribution in [3.63, 3.8) is 0 Å². The lowest BCUT2D eigenvalue weighted by Gasteiger charge is -2.17. The maximum atomic E-state index is 4.73. The number of aryl methyl sites for hydroxylation is 2. The summed E-state index contributed by atoms with van der Waals surface area (Å²) in [5.74, 6) is 0.676. The van der Waals surface area contributed by atoms with E-state index in [0.717, 1.165) is 50.0 Å². The molecule has 3 heterocycles. The molecule has 0 spiro atoms. The van der Waals surface area contributed by atoms with Crippen molar-refractivity contribution in [2.24, 2.45) is 0 Å². The van der Waals surface area contributed by atoms with Gasteiger partial charge in [0.25, 0.3) is 0 Å². The molecule has 5 aromatic rings. The quantitative estimate of drug-likeness (QED) is 0.378. The van der Waals surface area contributed by atoms with Gasteiger partial charge < -0.3 is 0 Å². The molecule has 0 fully saturated rings. The zero-order valence-electron chi connectivity index (χ0n) is 16.9. The van der Waals surface area contributed by atoms with Crippen LogP contribution in [0, 0.1) is 13.8 Å². The maximum Gasteiger partial charge on any atom is 0.159 e. The van der Waals surface area contributed by atoms with Crippen LogP contribution in [-0.2, 0) is 0 Å². The summed E-state index contributed by atoms with van der Waals surface area (Å²) < 4.78 is 0. The molecule has 5 rings (SSSR count). The van der Waals surface area contributed by atoms with Crippen LogP contribution < -0.4 is 0 Å². The molecule has 0 radical (unpaired) electrons. The first kappa shape index (κ1) is 18.1. The maximum absolute atomic E-state index is 4.73. The molecule has 30 heavy (non-hydrogen) atoms. The average Bonchev–Trinajstić information content (AvgIpc) is 2.78. The Hall–Kier alpha value is -3.92. The van der Waals surface area contributed by atoms with Gasteiger partial charge in [0.1, 0.15) is 0 Å². The van der Waals surface area contributed by atoms with Gasteiger partial charge in [0.2, 0.25) is 0 Å². The van der Waals surface area contributed by atoms with Gasteiger partial charge in [-0.2, -0.15) is 0 Å². The predicted molar refractivity (Wildman–Crippen MR) is 121 cm³/mol. The molecule has 4 nitrogen and oxygen atoms in total. The molecule has 0 atom stereocenters. The zero-order chi connectivity index (χ0) is 20.5. The van der Waals surface area contributed by atoms with Gasteiger partial charge in [-0.25, -0.2) is 9.97 Å². The van der Waals surface area contributed by atoms with E-state index in [4.69, 9.17) is 9.97 Å². The summed E-state index contributed by atoms with van der Waals surface area (Å²) in [7, 11) is 0. The molecule has 0 aliphatic rings. The molecule has 4 heteroatoms. The third-order valence-electron chi connectivity index (χ3n) is 5.20. The molecule has 0 N–H and O–H groups in total. The number of hydrogen-bond donors (Lipinski definition) is 0. The van der Waals surface area contributed by atoms with Crippen LogP contribution in [0.5, 0.6) is 0 Å². The third-order valence-corrected chi connectivity index (χ3v) is 5.20. The van der Waals surface area contributed by atoms with E-state index in [0.29, 0.717) is 5.82 Å². The summed E-state index contributed by atoms with van der Waals surface area (Å²) in [5.41, 5.74) is 7.12. The Morgan fingerprint density at radius 2 is 1.20 bits per heavy atom. The summed E-state index contributed by atoms with van der Waals surface area (Å²) in [6.07, 6.45) is 7.26. The molecule has 2 aromatic carbocycles. The number of nitrogens with zero attached hydrogens (tertiary/aromatic N) is 4. The molecule has 0 aliphatic heterocycles. The Labute approximate surface area is 175 Å². The molecule has 0 amide bonds. The number of pyridine rings is 2. The van der Waals surface area contributed by atoms with Crippen LogP contribution in [0.2, 0.25) is 0 Å². The lowest BCUT2D eigenvalue weighted by Crippen LogP contribution is -1.98. The van der Waals surface area contributed by atoms with Crippen LogP contribution in [0.25, 0.3) is 44.7 Å². The van der Waals surface area contributed by atoms with Crippen molar-refractivity contribution in [2.45, 2.75) is 13.8 Å². The number of aromatic nitrogens is 4. The lowest BCUT2D eigenvalue weighted by molar-refractivity contribution is 1.17. The molecule has 144 valence electrons. The Kier molecular flexibility index (Phi) is 4.52. The lowest BCUT2D eigenvalue weighted by atomic mass is 9.89. The molecule has 0 saturated carbocycles. The van der Waals surface area contributed by atoms with E-state index in [1.54, 1.807) is 12.4 Å². The molecule has 3 aromatic heterocycles. The number of benzene rings is 2. The standard InChI is InChI=1S/C26H20N4/c1-17-8-12-27-22(14-17)24-20-7-4-3-6-19(20)16-21(26-29-10-5-11-30-26)25(24)23-15-18(2)9-13-28-23/h3-16H,1-2H3. The molecule has 0 unspecified atom stereocenters. The smallest absolute Gasteiger partial charge is 0.159 e. The summed E-state index contributed by atoms with van der Waals surface area (Å²) >= 11 is 0. The Bertz CT molecular complexity index is 1360. The first-order valence-corrected chi connectivity index (χ1v) is 9.90. The van der Waals surface area contributed by atoms with Gasteiger partial charge in [-0.3, -0.25) is 9.97 Å². The van der Waals surface area contributed by atoms with Crippen LogP contribution in [0.15, 0.2) is 85.5 Å². The predicted octanol–water partition coefficient (Wildman–Crippen LogP) is 6.04. The van der Waals surface area contributed by atoms with E-state index in [9.17, 15) is 0 Å². The van der Waals surface area contributed by atoms with E-state index in [2.05, 4.69) is 66.3 Å². The number of hydrogen-bond acceptors (Lipinski definition) is 4. The topological polar surface area (TPSA) is 51.6 Å². The SMILES string of the molecule is Cc1ccnc(-c2c(-c3ncccn3)cc3ccccc3c2-c2cc(C)ccn2)c1. The summed E-state index contributed by atoms with van der Waals surface area (Å²) in [6, 6.07) is 20.6. The zero-order valence-corrected chi connectivity index (χ0v) is 16.9. The van der Waals surface area contributed by atoms with Crippen molar-refractivity contribution >= 4 is 10.8 Å². The van der Waals surface area contributed by atoms with E-state index < -0.39 is 0 Å². The first-order chi connectivity index (χ1) is 14.7. The largest absolute Gasteiger partial charge is 0.256 e. The van der Waals surface area contributed by atoms with Crippen LogP contribution in [0.1, 0.15) is 11.1 Å². The fourth-order valence-electron chi connectivity index (χ4n) is 3.84. The monoisotopic (exact) mass is 388 g/mol. The second-order valence-electron chi connectivity index (χ2n) is 7.40. The van der Waals surface area contributed by atoms with Crippen molar-refractivity contribution in [3.8, 4) is 33.9 Å². The van der Waals surface area contributed by atoms with Crippen LogP contribution in [0.3, 0.4) is 0 Å². The van der Waals surface area contributed by atoms with E-state index in [1.807, 2.05) is 30.6 Å². The fourth-order valence-corrected chi connectivity index (χ4v) is 3.84. The number of rotatable bonds is 3. The summed E-state index contributed by atoms with van der Waals surface area (Å²) in [6.45, 7) is 4.16. The average molecular weight is 388 g/mol. The van der Waals surface area contributed by atoms with Crippen LogP contribution in [-0.4, -0.2) is 19.9 Å². The molecule has 0 bridgehead atoms. The second kappa shape index (κ2) is 7.48. The molecular formula is C26H20N4. The van der Waals surface area contributed by atoms with Crippen molar-refractivity contribution in [3.05, 3.63) is 96.6 Å². The number of fused-ring (bicyclic) bond motifs is 1. The molecule has 0 aliphatic carbocycles. The van der Waals surface area contributed by atoms with Crippen LogP contribution in [0.4, 0.5) is 0 Å². The summed E-state index contributed by atoms with van der Waals surface area (Å²) in [5, 5.41) is 2.25. The highest BCUT2D eigenvalue weighted by molar-refractivity contribution is 6.08. The first-order valence-electron chi connectivity index (χ1n) is 9.90. The Morgan fingerprint density at radius 1 is 0.567 bits per heavy atom. The summed E-state index contributed by atoms with van der Waals surface area (Å²) in [4.78, 5) is 18.6. The highest BCUT2D eigenvalue weighted by atomic mass is 14.9. The minimum atomic E-state index is 0.676. The van der Waals surface area contributed by atoms with Gasteiger partial charge in [0.05, 0.1) is 11.4 Å². The Balaban J connectivity index is 1.98. The van der Waals surface area contributed by atoms with Gasteiger partial charge in [-0.05, 0) is 72.1 Å². The normalized spacial score (nSPS) is 11.0. The fraction of sp³-hybridized carbons (Fsp3) is 0.0769. The second-order valence-corrected chi connectivity index (χ2v) is 7.40. The van der Waals surface area contributed by atoms with Gasteiger partial charge in [0, 0.05) is 41.5 Å². The van der Waals surface area contributed by atoms with E-state index in [-0.39, 0.29) is 0 Å². The molecular weight excluding hydrogens is 368 g/mol. The van der Waals surface area contributed by atoms with Gasteiger partial charge in [-0.15, -0.1) is 0 Å². The van der Waals surface area contributed by atoms with Gasteiger partial charge in [-0.1, -0.05) is 24.3 Å². The van der Waals surface area contributed by atoms with Gasteiger partial charge >= 0.3 is 0 Å². The van der Waals surface area contributed by atoms with Crippen molar-refractivity contribution in [1.82, 2.24) is 19.9 Å². The van der Waals surface area contributed by atoms with Gasteiger partial charge in [0.15, 0.2) is 5.82 Å². The van der Waals surface area contributed by atoms with Crippen LogP contribution >= 0.6 is 0 Å². The van der Waals surface area contributed by atoms with Crippen molar-refractivity contribution < 1.29 is 0 Å². The molecule has 0 saturated heterocycles. The Morgan fingerprint density at radius 3 is 1.87 bits per heavy atom. The third kappa shape index (κ3) is 3.22. The highest BCUT2D eigenvalue weighted by Crippen LogP contribution is 2.42.